The molecule has 182 valence electrons. The lowest BCUT2D eigenvalue weighted by Gasteiger charge is -2.31. The predicted octanol–water partition coefficient (Wildman–Crippen LogP) is 6.89. The van der Waals surface area contributed by atoms with E-state index in [2.05, 4.69) is 70.7 Å². The van der Waals surface area contributed by atoms with Crippen LogP contribution in [0.25, 0.3) is 5.69 Å². The number of amides is 2. The Morgan fingerprint density at radius 1 is 0.917 bits per heavy atom. The molecule has 3 aromatic carbocycles. The molecule has 0 radical (unpaired) electrons. The molecule has 1 atom stereocenters. The van der Waals surface area contributed by atoms with Crippen LogP contribution in [0.1, 0.15) is 53.8 Å². The highest BCUT2D eigenvalue weighted by molar-refractivity contribution is 5.91. The molecule has 2 heterocycles. The Hall–Kier alpha value is -3.99. The highest BCUT2D eigenvalue weighted by Gasteiger charge is 2.33. The van der Waals surface area contributed by atoms with Gasteiger partial charge in [0, 0.05) is 17.6 Å². The lowest BCUT2D eigenvalue weighted by Crippen LogP contribution is -2.38. The summed E-state index contributed by atoms with van der Waals surface area (Å²) >= 11 is 0. The maximum atomic E-state index is 14.1. The summed E-state index contributed by atoms with van der Waals surface area (Å²) in [7, 11) is 0. The minimum absolute atomic E-state index is 0.0858. The van der Waals surface area contributed by atoms with Gasteiger partial charge in [0.25, 0.3) is 0 Å². The molecule has 1 aliphatic carbocycles. The second-order valence-electron chi connectivity index (χ2n) is 9.54. The number of carbonyl (C=O) groups excluding carboxylic acids is 1. The van der Waals surface area contributed by atoms with E-state index in [-0.39, 0.29) is 12.1 Å². The molecule has 4 aromatic rings. The van der Waals surface area contributed by atoms with Crippen LogP contribution in [0.15, 0.2) is 85.1 Å². The largest absolute Gasteiger partial charge is 0.494 e. The second-order valence-corrected chi connectivity index (χ2v) is 9.54. The van der Waals surface area contributed by atoms with Crippen molar-refractivity contribution in [3.63, 3.8) is 0 Å². The molecular weight excluding hydrogens is 446 g/mol. The number of ether oxygens (including phenoxy) is 1. The Balaban J connectivity index is 1.43. The molecule has 5 heteroatoms. The molecule has 1 aliphatic heterocycles. The molecule has 0 bridgehead atoms. The average Bonchev–Trinajstić information content (AvgIpc) is 3.34. The normalized spacial score (nSPS) is 16.4. The van der Waals surface area contributed by atoms with Gasteiger partial charge in [0.15, 0.2) is 0 Å². The molecule has 0 saturated heterocycles. The maximum absolute atomic E-state index is 14.1. The molecule has 2 aliphatic rings. The van der Waals surface area contributed by atoms with E-state index in [0.717, 1.165) is 46.8 Å². The van der Waals surface area contributed by atoms with Gasteiger partial charge < -0.3 is 19.5 Å². The lowest BCUT2D eigenvalue weighted by molar-refractivity contribution is 0.194. The Bertz CT molecular complexity index is 1390. The van der Waals surface area contributed by atoms with Gasteiger partial charge in [-0.2, -0.15) is 0 Å². The molecular formula is C31H31N3O2. The van der Waals surface area contributed by atoms with Crippen molar-refractivity contribution in [2.24, 2.45) is 0 Å². The second kappa shape index (κ2) is 9.57. The Kier molecular flexibility index (Phi) is 5.98. The number of aryl methyl sites for hydroxylation is 1. The number of para-hydroxylation sites is 1. The standard InChI is InChI=1S/C31H31N3O2/c1-2-36-25-18-16-23(17-19-25)30-29-15-8-20-33(29)28-14-6-4-10-24(28)21-34(30)31(35)32-27-13-7-11-22-9-3-5-12-26(22)27/h4,6-8,10-11,13-20,30H,2-3,5,9,12,21H2,1H3,(H,32,35)/t30-/m1/s1. The zero-order valence-electron chi connectivity index (χ0n) is 20.6. The zero-order chi connectivity index (χ0) is 24.5. The summed E-state index contributed by atoms with van der Waals surface area (Å²) in [5.41, 5.74) is 7.93. The molecule has 0 fully saturated rings. The van der Waals surface area contributed by atoms with E-state index in [1.54, 1.807) is 0 Å². The first-order valence-electron chi connectivity index (χ1n) is 12.9. The Morgan fingerprint density at radius 2 is 1.72 bits per heavy atom. The summed E-state index contributed by atoms with van der Waals surface area (Å²) in [5.74, 6) is 0.834. The quantitative estimate of drug-likeness (QED) is 0.348. The van der Waals surface area contributed by atoms with Crippen LogP contribution in [-0.2, 0) is 19.4 Å². The van der Waals surface area contributed by atoms with Crippen molar-refractivity contribution in [1.82, 2.24) is 9.47 Å². The van der Waals surface area contributed by atoms with Crippen LogP contribution >= 0.6 is 0 Å². The summed E-state index contributed by atoms with van der Waals surface area (Å²) in [6.45, 7) is 3.12. The molecule has 0 spiro atoms. The smallest absolute Gasteiger partial charge is 0.322 e. The minimum Gasteiger partial charge on any atom is -0.494 e. The number of anilines is 1. The monoisotopic (exact) mass is 477 g/mol. The first-order chi connectivity index (χ1) is 17.7. The third-order valence-corrected chi connectivity index (χ3v) is 7.37. The number of benzene rings is 3. The number of aromatic nitrogens is 1. The zero-order valence-corrected chi connectivity index (χ0v) is 20.6. The number of urea groups is 1. The summed E-state index contributed by atoms with van der Waals surface area (Å²) in [6.07, 6.45) is 6.56. The van der Waals surface area contributed by atoms with E-state index >= 15 is 0 Å². The summed E-state index contributed by atoms with van der Waals surface area (Å²) in [6, 6.07) is 26.6. The van der Waals surface area contributed by atoms with Gasteiger partial charge in [0.2, 0.25) is 0 Å². The van der Waals surface area contributed by atoms with Gasteiger partial charge in [-0.15, -0.1) is 0 Å². The van der Waals surface area contributed by atoms with Crippen LogP contribution < -0.4 is 10.1 Å². The van der Waals surface area contributed by atoms with Gasteiger partial charge in [0.1, 0.15) is 5.75 Å². The highest BCUT2D eigenvalue weighted by Crippen LogP contribution is 2.38. The molecule has 0 saturated carbocycles. The van der Waals surface area contributed by atoms with Crippen molar-refractivity contribution in [2.45, 2.75) is 45.2 Å². The van der Waals surface area contributed by atoms with Crippen LogP contribution in [0.5, 0.6) is 5.75 Å². The van der Waals surface area contributed by atoms with E-state index in [9.17, 15) is 4.79 Å². The third kappa shape index (κ3) is 4.05. The van der Waals surface area contributed by atoms with Crippen molar-refractivity contribution >= 4 is 11.7 Å². The number of carbonyl (C=O) groups is 1. The first-order valence-corrected chi connectivity index (χ1v) is 12.9. The van der Waals surface area contributed by atoms with E-state index in [1.807, 2.05) is 36.1 Å². The SMILES string of the molecule is CCOc1ccc([C@@H]2c3cccn3-c3ccccc3CN2C(=O)Nc2cccc3c2CCCC3)cc1. The number of rotatable bonds is 4. The fraction of sp³-hybridized carbons (Fsp3) is 0.258. The predicted molar refractivity (Wildman–Crippen MR) is 143 cm³/mol. The number of fused-ring (bicyclic) bond motifs is 4. The fourth-order valence-electron chi connectivity index (χ4n) is 5.69. The van der Waals surface area contributed by atoms with Crippen LogP contribution in [0.3, 0.4) is 0 Å². The Morgan fingerprint density at radius 3 is 2.58 bits per heavy atom. The van der Waals surface area contributed by atoms with Crippen LogP contribution in [0, 0.1) is 0 Å². The maximum Gasteiger partial charge on any atom is 0.322 e. The van der Waals surface area contributed by atoms with Crippen molar-refractivity contribution in [1.29, 1.82) is 0 Å². The molecule has 1 N–H and O–H groups in total. The molecule has 5 nitrogen and oxygen atoms in total. The van der Waals surface area contributed by atoms with Gasteiger partial charge >= 0.3 is 6.03 Å². The summed E-state index contributed by atoms with van der Waals surface area (Å²) < 4.78 is 7.90. The van der Waals surface area contributed by atoms with Crippen LogP contribution in [-0.4, -0.2) is 22.1 Å². The van der Waals surface area contributed by atoms with Gasteiger partial charge in [-0.1, -0.05) is 42.5 Å². The van der Waals surface area contributed by atoms with Gasteiger partial charge in [-0.05, 0) is 91.3 Å². The van der Waals surface area contributed by atoms with Crippen molar-refractivity contribution in [3.05, 3.63) is 113 Å². The number of nitrogens with zero attached hydrogens (tertiary/aromatic N) is 2. The first kappa shape index (κ1) is 22.5. The van der Waals surface area contributed by atoms with Crippen molar-refractivity contribution in [3.8, 4) is 11.4 Å². The molecule has 0 unspecified atom stereocenters. The number of hydrogen-bond acceptors (Lipinski definition) is 2. The minimum atomic E-state index is -0.248. The van der Waals surface area contributed by atoms with E-state index < -0.39 is 0 Å². The number of hydrogen-bond donors (Lipinski definition) is 1. The summed E-state index contributed by atoms with van der Waals surface area (Å²) in [4.78, 5) is 16.0. The van der Waals surface area contributed by atoms with Gasteiger partial charge in [-0.25, -0.2) is 4.79 Å². The fourth-order valence-corrected chi connectivity index (χ4v) is 5.69. The Labute approximate surface area is 212 Å². The topological polar surface area (TPSA) is 46.5 Å². The van der Waals surface area contributed by atoms with E-state index in [0.29, 0.717) is 13.2 Å². The van der Waals surface area contributed by atoms with E-state index in [4.69, 9.17) is 4.74 Å². The van der Waals surface area contributed by atoms with Gasteiger partial charge in [0.05, 0.1) is 24.9 Å². The lowest BCUT2D eigenvalue weighted by atomic mass is 9.90. The molecule has 6 rings (SSSR count). The molecule has 2 amide bonds. The van der Waals surface area contributed by atoms with E-state index in [1.165, 1.54) is 24.0 Å². The molecule has 1 aromatic heterocycles. The van der Waals surface area contributed by atoms with Crippen LogP contribution in [0.2, 0.25) is 0 Å². The van der Waals surface area contributed by atoms with Crippen molar-refractivity contribution in [2.75, 3.05) is 11.9 Å². The average molecular weight is 478 g/mol. The highest BCUT2D eigenvalue weighted by atomic mass is 16.5. The molecule has 36 heavy (non-hydrogen) atoms. The van der Waals surface area contributed by atoms with Crippen LogP contribution in [0.4, 0.5) is 10.5 Å². The third-order valence-electron chi connectivity index (χ3n) is 7.37. The number of nitrogens with one attached hydrogen (secondary N) is 1. The van der Waals surface area contributed by atoms with Crippen molar-refractivity contribution < 1.29 is 9.53 Å². The van der Waals surface area contributed by atoms with Gasteiger partial charge in [-0.3, -0.25) is 0 Å². The summed E-state index contributed by atoms with van der Waals surface area (Å²) in [5, 5.41) is 3.31.